The fourth-order valence-corrected chi connectivity index (χ4v) is 3.40. The van der Waals surface area contributed by atoms with E-state index in [1.807, 2.05) is 0 Å². The van der Waals surface area contributed by atoms with Gasteiger partial charge >= 0.3 is 5.97 Å². The van der Waals surface area contributed by atoms with Gasteiger partial charge < -0.3 is 10.4 Å². The van der Waals surface area contributed by atoms with E-state index in [-0.39, 0.29) is 5.69 Å². The van der Waals surface area contributed by atoms with Gasteiger partial charge in [-0.3, -0.25) is 0 Å². The summed E-state index contributed by atoms with van der Waals surface area (Å²) in [5, 5.41) is 12.6. The van der Waals surface area contributed by atoms with Crippen LogP contribution in [0.15, 0.2) is 0 Å². The fraction of sp³-hybridized carbons (Fsp3) is 0.667. The molecule has 1 aliphatic carbocycles. The minimum absolute atomic E-state index is 0.206. The fourth-order valence-electron chi connectivity index (χ4n) is 3.40. The zero-order valence-corrected chi connectivity index (χ0v) is 11.9. The van der Waals surface area contributed by atoms with Gasteiger partial charge in [-0.1, -0.05) is 13.3 Å². The van der Waals surface area contributed by atoms with Crippen molar-refractivity contribution in [2.45, 2.75) is 51.5 Å². The first-order valence-corrected chi connectivity index (χ1v) is 7.52. The lowest BCUT2D eigenvalue weighted by atomic mass is 10.0. The maximum absolute atomic E-state index is 11.4. The van der Waals surface area contributed by atoms with Gasteiger partial charge in [0.05, 0.1) is 5.69 Å². The number of carboxylic acids is 1. The molecule has 1 aromatic heterocycles. The van der Waals surface area contributed by atoms with Gasteiger partial charge in [-0.25, -0.2) is 14.8 Å². The number of carbonyl (C=O) groups is 1. The summed E-state index contributed by atoms with van der Waals surface area (Å²) in [6.45, 7) is 3.65. The van der Waals surface area contributed by atoms with Gasteiger partial charge in [0.1, 0.15) is 5.82 Å². The molecule has 2 aliphatic rings. The van der Waals surface area contributed by atoms with E-state index in [4.69, 9.17) is 4.98 Å². The first-order valence-electron chi connectivity index (χ1n) is 7.52. The van der Waals surface area contributed by atoms with E-state index < -0.39 is 5.97 Å². The summed E-state index contributed by atoms with van der Waals surface area (Å²) in [7, 11) is 0. The van der Waals surface area contributed by atoms with E-state index in [0.717, 1.165) is 48.8 Å². The summed E-state index contributed by atoms with van der Waals surface area (Å²) >= 11 is 0. The van der Waals surface area contributed by atoms with E-state index in [9.17, 15) is 9.90 Å². The van der Waals surface area contributed by atoms with Crippen molar-refractivity contribution in [1.82, 2.24) is 15.3 Å². The lowest BCUT2D eigenvalue weighted by Gasteiger charge is -2.20. The van der Waals surface area contributed by atoms with Crippen LogP contribution in [0.2, 0.25) is 0 Å². The lowest BCUT2D eigenvalue weighted by Crippen LogP contribution is -2.28. The molecule has 3 rings (SSSR count). The Balaban J connectivity index is 1.96. The molecule has 0 amide bonds. The number of aromatic nitrogens is 2. The highest BCUT2D eigenvalue weighted by molar-refractivity contribution is 5.87. The third kappa shape index (κ3) is 2.42. The number of nitrogens with one attached hydrogen (secondary N) is 1. The molecule has 2 N–H and O–H groups in total. The molecular formula is C15H21N3O2. The van der Waals surface area contributed by atoms with Crippen LogP contribution in [0, 0.1) is 5.92 Å². The van der Waals surface area contributed by atoms with Crippen molar-refractivity contribution in [2.75, 3.05) is 6.54 Å². The molecular weight excluding hydrogens is 254 g/mol. The second-order valence-corrected chi connectivity index (χ2v) is 5.87. The number of carboxylic acid groups (broad SMARTS) is 1. The smallest absolute Gasteiger partial charge is 0.354 e. The zero-order valence-electron chi connectivity index (χ0n) is 11.9. The van der Waals surface area contributed by atoms with Gasteiger partial charge in [-0.15, -0.1) is 0 Å². The molecule has 2 heterocycles. The normalized spacial score (nSPS) is 25.4. The molecule has 2 atom stereocenters. The largest absolute Gasteiger partial charge is 0.476 e. The number of aromatic carboxylic acids is 1. The Kier molecular flexibility index (Phi) is 3.70. The number of nitrogens with zero attached hydrogens (tertiary/aromatic N) is 2. The second-order valence-electron chi connectivity index (χ2n) is 5.87. The molecule has 0 spiro atoms. The van der Waals surface area contributed by atoms with Crippen molar-refractivity contribution in [2.24, 2.45) is 5.92 Å². The number of hydrogen-bond donors (Lipinski definition) is 2. The molecule has 2 unspecified atom stereocenters. The van der Waals surface area contributed by atoms with Crippen molar-refractivity contribution in [1.29, 1.82) is 0 Å². The molecule has 0 radical (unpaired) electrons. The maximum atomic E-state index is 11.4. The number of hydrogen-bond acceptors (Lipinski definition) is 4. The highest BCUT2D eigenvalue weighted by Gasteiger charge is 2.29. The molecule has 5 heteroatoms. The summed E-state index contributed by atoms with van der Waals surface area (Å²) in [4.78, 5) is 20.5. The third-order valence-electron chi connectivity index (χ3n) is 4.64. The molecule has 1 saturated carbocycles. The summed E-state index contributed by atoms with van der Waals surface area (Å²) in [6.07, 6.45) is 5.40. The van der Waals surface area contributed by atoms with Crippen molar-refractivity contribution in [3.63, 3.8) is 0 Å². The van der Waals surface area contributed by atoms with Gasteiger partial charge in [0, 0.05) is 31.0 Å². The molecule has 20 heavy (non-hydrogen) atoms. The first-order chi connectivity index (χ1) is 9.69. The molecule has 5 nitrogen and oxygen atoms in total. The summed E-state index contributed by atoms with van der Waals surface area (Å²) in [6, 6.07) is 0. The van der Waals surface area contributed by atoms with E-state index in [1.165, 1.54) is 12.8 Å². The molecule has 0 saturated heterocycles. The average molecular weight is 275 g/mol. The van der Waals surface area contributed by atoms with Crippen LogP contribution in [0.1, 0.15) is 66.1 Å². The predicted octanol–water partition coefficient (Wildman–Crippen LogP) is 2.11. The van der Waals surface area contributed by atoms with E-state index >= 15 is 0 Å². The van der Waals surface area contributed by atoms with Gasteiger partial charge in [0.2, 0.25) is 0 Å². The van der Waals surface area contributed by atoms with E-state index in [0.29, 0.717) is 12.5 Å². The maximum Gasteiger partial charge on any atom is 0.354 e. The zero-order chi connectivity index (χ0) is 14.1. The Morgan fingerprint density at radius 2 is 2.25 bits per heavy atom. The van der Waals surface area contributed by atoms with Crippen LogP contribution in [-0.2, 0) is 13.0 Å². The number of rotatable bonds is 3. The third-order valence-corrected chi connectivity index (χ3v) is 4.64. The minimum Gasteiger partial charge on any atom is -0.476 e. The summed E-state index contributed by atoms with van der Waals surface area (Å²) in [5.74, 6) is 0.922. The van der Waals surface area contributed by atoms with Crippen LogP contribution in [0.4, 0.5) is 0 Å². The van der Waals surface area contributed by atoms with Crippen molar-refractivity contribution in [3.8, 4) is 0 Å². The molecule has 0 bridgehead atoms. The highest BCUT2D eigenvalue weighted by atomic mass is 16.4. The topological polar surface area (TPSA) is 75.1 Å². The summed E-state index contributed by atoms with van der Waals surface area (Å²) < 4.78 is 0. The first kappa shape index (κ1) is 13.5. The van der Waals surface area contributed by atoms with E-state index in [2.05, 4.69) is 17.2 Å². The molecule has 1 aromatic rings. The van der Waals surface area contributed by atoms with Gasteiger partial charge in [-0.05, 0) is 25.2 Å². The Hall–Kier alpha value is -1.49. The Morgan fingerprint density at radius 3 is 2.95 bits per heavy atom. The van der Waals surface area contributed by atoms with Gasteiger partial charge in [-0.2, -0.15) is 0 Å². The van der Waals surface area contributed by atoms with Crippen molar-refractivity contribution >= 4 is 5.97 Å². The quantitative estimate of drug-likeness (QED) is 0.883. The Bertz CT molecular complexity index is 530. The van der Waals surface area contributed by atoms with Crippen LogP contribution in [0.25, 0.3) is 0 Å². The van der Waals surface area contributed by atoms with E-state index in [1.54, 1.807) is 0 Å². The molecule has 1 aliphatic heterocycles. The van der Waals surface area contributed by atoms with Crippen molar-refractivity contribution < 1.29 is 9.90 Å². The average Bonchev–Trinajstić information content (AvgIpc) is 2.95. The minimum atomic E-state index is -0.932. The molecule has 108 valence electrons. The Labute approximate surface area is 118 Å². The summed E-state index contributed by atoms with van der Waals surface area (Å²) in [5.41, 5.74) is 1.92. The van der Waals surface area contributed by atoms with Crippen LogP contribution < -0.4 is 5.32 Å². The monoisotopic (exact) mass is 275 g/mol. The standard InChI is InChI=1S/C15H21N3O2/c1-2-9-3-4-10(7-9)14-17-12-5-6-16-8-11(12)13(18-14)15(19)20/h9-10,16H,2-8H2,1H3,(H,19,20). The SMILES string of the molecule is CCC1CCC(c2nc3c(c(C(=O)O)n2)CNCC3)C1. The van der Waals surface area contributed by atoms with Gasteiger partial charge in [0.25, 0.3) is 0 Å². The Morgan fingerprint density at radius 1 is 1.40 bits per heavy atom. The van der Waals surface area contributed by atoms with Crippen LogP contribution in [0.5, 0.6) is 0 Å². The van der Waals surface area contributed by atoms with Gasteiger partial charge in [0.15, 0.2) is 5.69 Å². The second kappa shape index (κ2) is 5.48. The lowest BCUT2D eigenvalue weighted by molar-refractivity contribution is 0.0687. The van der Waals surface area contributed by atoms with Crippen LogP contribution in [-0.4, -0.2) is 27.6 Å². The highest BCUT2D eigenvalue weighted by Crippen LogP contribution is 2.38. The van der Waals surface area contributed by atoms with Crippen LogP contribution in [0.3, 0.4) is 0 Å². The predicted molar refractivity (Wildman–Crippen MR) is 74.8 cm³/mol. The van der Waals surface area contributed by atoms with Crippen molar-refractivity contribution in [3.05, 3.63) is 22.8 Å². The van der Waals surface area contributed by atoms with Crippen LogP contribution >= 0.6 is 0 Å². The number of fused-ring (bicyclic) bond motifs is 1. The molecule has 0 aromatic carbocycles. The molecule has 1 fully saturated rings.